The second-order valence-corrected chi connectivity index (χ2v) is 6.43. The minimum Gasteiger partial charge on any atom is -0.456 e. The Balaban J connectivity index is 1.50. The fourth-order valence-electron chi connectivity index (χ4n) is 3.09. The molecule has 0 amide bonds. The lowest BCUT2D eigenvalue weighted by atomic mass is 10.0. The molecule has 23 heavy (non-hydrogen) atoms. The summed E-state index contributed by atoms with van der Waals surface area (Å²) >= 11 is 6.05. The lowest BCUT2D eigenvalue weighted by Gasteiger charge is -2.25. The quantitative estimate of drug-likeness (QED) is 0.643. The summed E-state index contributed by atoms with van der Waals surface area (Å²) in [6.07, 6.45) is 3.30. The van der Waals surface area contributed by atoms with E-state index in [0.29, 0.717) is 0 Å². The van der Waals surface area contributed by atoms with Gasteiger partial charge in [-0.1, -0.05) is 48.0 Å². The molecule has 2 heterocycles. The number of nitrogens with zero attached hydrogens (tertiary/aromatic N) is 1. The summed E-state index contributed by atoms with van der Waals surface area (Å²) in [7, 11) is 0. The molecular weight excluding hydrogens is 306 g/mol. The summed E-state index contributed by atoms with van der Waals surface area (Å²) in [5.41, 5.74) is 3.56. The molecule has 2 aromatic carbocycles. The van der Waals surface area contributed by atoms with E-state index in [9.17, 15) is 0 Å². The highest BCUT2D eigenvalue weighted by Crippen LogP contribution is 2.30. The maximum Gasteiger partial charge on any atom is 0.134 e. The lowest BCUT2D eigenvalue weighted by molar-refractivity contribution is 0.293. The van der Waals surface area contributed by atoms with Crippen molar-refractivity contribution in [3.8, 4) is 0 Å². The smallest absolute Gasteiger partial charge is 0.134 e. The maximum absolute atomic E-state index is 6.05. The van der Waals surface area contributed by atoms with Crippen molar-refractivity contribution < 1.29 is 4.42 Å². The third-order valence-corrected chi connectivity index (χ3v) is 4.57. The van der Waals surface area contributed by atoms with E-state index in [4.69, 9.17) is 16.0 Å². The molecular formula is C20H18ClNO. The molecule has 0 saturated heterocycles. The Morgan fingerprint density at radius 1 is 1.04 bits per heavy atom. The Kier molecular flexibility index (Phi) is 3.94. The van der Waals surface area contributed by atoms with Gasteiger partial charge in [0, 0.05) is 30.0 Å². The van der Waals surface area contributed by atoms with Crippen molar-refractivity contribution in [1.29, 1.82) is 0 Å². The summed E-state index contributed by atoms with van der Waals surface area (Å²) in [6.45, 7) is 3.01. The molecule has 0 fully saturated rings. The van der Waals surface area contributed by atoms with Gasteiger partial charge in [0.15, 0.2) is 0 Å². The number of hydrogen-bond donors (Lipinski definition) is 0. The predicted octanol–water partition coefficient (Wildman–Crippen LogP) is 5.38. The number of rotatable bonds is 3. The van der Waals surface area contributed by atoms with Crippen LogP contribution < -0.4 is 0 Å². The van der Waals surface area contributed by atoms with Crippen LogP contribution in [0.25, 0.3) is 16.5 Å². The Hall–Kier alpha value is -2.03. The maximum atomic E-state index is 6.05. The topological polar surface area (TPSA) is 16.4 Å². The van der Waals surface area contributed by atoms with Crippen LogP contribution in [0.1, 0.15) is 17.7 Å². The van der Waals surface area contributed by atoms with Gasteiger partial charge in [-0.05, 0) is 41.8 Å². The van der Waals surface area contributed by atoms with Gasteiger partial charge in [0.2, 0.25) is 0 Å². The minimum atomic E-state index is 0.747. The van der Waals surface area contributed by atoms with Crippen LogP contribution in [0, 0.1) is 0 Å². The average molecular weight is 324 g/mol. The van der Waals surface area contributed by atoms with Gasteiger partial charge in [0.05, 0.1) is 0 Å². The number of hydrogen-bond acceptors (Lipinski definition) is 2. The number of halogens is 1. The van der Waals surface area contributed by atoms with Crippen molar-refractivity contribution in [2.75, 3.05) is 13.1 Å². The highest BCUT2D eigenvalue weighted by atomic mass is 35.5. The van der Waals surface area contributed by atoms with Gasteiger partial charge in [-0.2, -0.15) is 0 Å². The largest absolute Gasteiger partial charge is 0.456 e. The van der Waals surface area contributed by atoms with Gasteiger partial charge in [0.1, 0.15) is 11.3 Å². The zero-order valence-corrected chi connectivity index (χ0v) is 13.6. The van der Waals surface area contributed by atoms with E-state index >= 15 is 0 Å². The van der Waals surface area contributed by atoms with Gasteiger partial charge < -0.3 is 4.42 Å². The van der Waals surface area contributed by atoms with Gasteiger partial charge in [-0.15, -0.1) is 0 Å². The van der Waals surface area contributed by atoms with Gasteiger partial charge in [0.25, 0.3) is 0 Å². The number of furan rings is 1. The van der Waals surface area contributed by atoms with Crippen molar-refractivity contribution in [2.24, 2.45) is 0 Å². The SMILES string of the molecule is Clc1ccc2oc(C3=CCN(Cc4ccccc4)CC3)cc2c1. The third kappa shape index (κ3) is 3.19. The first-order valence-corrected chi connectivity index (χ1v) is 8.30. The number of fused-ring (bicyclic) bond motifs is 1. The normalized spacial score (nSPS) is 15.8. The second kappa shape index (κ2) is 6.23. The van der Waals surface area contributed by atoms with E-state index < -0.39 is 0 Å². The zero-order chi connectivity index (χ0) is 15.6. The zero-order valence-electron chi connectivity index (χ0n) is 12.8. The second-order valence-electron chi connectivity index (χ2n) is 5.99. The molecule has 0 unspecified atom stereocenters. The van der Waals surface area contributed by atoms with Crippen LogP contribution >= 0.6 is 11.6 Å². The van der Waals surface area contributed by atoms with E-state index in [1.165, 1.54) is 11.1 Å². The van der Waals surface area contributed by atoms with E-state index in [0.717, 1.165) is 47.8 Å². The summed E-state index contributed by atoms with van der Waals surface area (Å²) in [6, 6.07) is 18.5. The molecule has 0 atom stereocenters. The van der Waals surface area contributed by atoms with Crippen LogP contribution in [0.5, 0.6) is 0 Å². The molecule has 4 rings (SSSR count). The van der Waals surface area contributed by atoms with Crippen molar-refractivity contribution in [3.05, 3.63) is 77.0 Å². The van der Waals surface area contributed by atoms with Gasteiger partial charge in [-0.3, -0.25) is 4.90 Å². The van der Waals surface area contributed by atoms with Gasteiger partial charge in [-0.25, -0.2) is 0 Å². The average Bonchev–Trinajstić information content (AvgIpc) is 2.99. The molecule has 116 valence electrons. The Morgan fingerprint density at radius 2 is 1.91 bits per heavy atom. The Labute approximate surface area is 141 Å². The van der Waals surface area contributed by atoms with Crippen LogP contribution in [0.15, 0.2) is 65.1 Å². The molecule has 0 spiro atoms. The standard InChI is InChI=1S/C20H18ClNO/c21-18-6-7-19-17(12-18)13-20(23-19)16-8-10-22(11-9-16)14-15-4-2-1-3-5-15/h1-8,12-13H,9-11,14H2. The van der Waals surface area contributed by atoms with E-state index in [-0.39, 0.29) is 0 Å². The Morgan fingerprint density at radius 3 is 2.70 bits per heavy atom. The molecule has 2 nitrogen and oxygen atoms in total. The molecule has 3 heteroatoms. The number of benzene rings is 2. The predicted molar refractivity (Wildman–Crippen MR) is 95.5 cm³/mol. The third-order valence-electron chi connectivity index (χ3n) is 4.34. The molecule has 3 aromatic rings. The first-order valence-electron chi connectivity index (χ1n) is 7.93. The van der Waals surface area contributed by atoms with Crippen LogP contribution in [-0.4, -0.2) is 18.0 Å². The van der Waals surface area contributed by atoms with Crippen LogP contribution in [0.4, 0.5) is 0 Å². The minimum absolute atomic E-state index is 0.747. The Bertz CT molecular complexity index is 850. The molecule has 1 aromatic heterocycles. The fraction of sp³-hybridized carbons (Fsp3) is 0.200. The molecule has 0 N–H and O–H groups in total. The van der Waals surface area contributed by atoms with E-state index in [2.05, 4.69) is 47.4 Å². The highest BCUT2D eigenvalue weighted by Gasteiger charge is 2.16. The van der Waals surface area contributed by atoms with Crippen molar-refractivity contribution >= 4 is 28.1 Å². The van der Waals surface area contributed by atoms with Crippen molar-refractivity contribution in [3.63, 3.8) is 0 Å². The monoisotopic (exact) mass is 323 g/mol. The first kappa shape index (κ1) is 14.6. The molecule has 0 bridgehead atoms. The van der Waals surface area contributed by atoms with Crippen molar-refractivity contribution in [1.82, 2.24) is 4.90 Å². The summed E-state index contributed by atoms with van der Waals surface area (Å²) in [4.78, 5) is 2.46. The summed E-state index contributed by atoms with van der Waals surface area (Å²) < 4.78 is 5.97. The van der Waals surface area contributed by atoms with Crippen LogP contribution in [0.2, 0.25) is 5.02 Å². The molecule has 0 aliphatic carbocycles. The van der Waals surface area contributed by atoms with Crippen molar-refractivity contribution in [2.45, 2.75) is 13.0 Å². The molecule has 0 saturated carbocycles. The molecule has 0 radical (unpaired) electrons. The summed E-state index contributed by atoms with van der Waals surface area (Å²) in [5, 5.41) is 1.82. The van der Waals surface area contributed by atoms with Gasteiger partial charge >= 0.3 is 0 Å². The first-order chi connectivity index (χ1) is 11.3. The van der Waals surface area contributed by atoms with E-state index in [1.54, 1.807) is 0 Å². The molecule has 1 aliphatic heterocycles. The van der Waals surface area contributed by atoms with E-state index in [1.807, 2.05) is 18.2 Å². The fourth-order valence-corrected chi connectivity index (χ4v) is 3.27. The van der Waals surface area contributed by atoms with Crippen LogP contribution in [0.3, 0.4) is 0 Å². The summed E-state index contributed by atoms with van der Waals surface area (Å²) in [5.74, 6) is 0.974. The lowest BCUT2D eigenvalue weighted by Crippen LogP contribution is -2.27. The molecule has 1 aliphatic rings. The highest BCUT2D eigenvalue weighted by molar-refractivity contribution is 6.31. The van der Waals surface area contributed by atoms with Crippen LogP contribution in [-0.2, 0) is 6.54 Å².